The molecule has 0 atom stereocenters. The lowest BCUT2D eigenvalue weighted by atomic mass is 10.1. The molecule has 0 heterocycles. The van der Waals surface area contributed by atoms with Gasteiger partial charge in [0.2, 0.25) is 5.82 Å². The number of nitrogens with one attached hydrogen (secondary N) is 1. The largest absolute Gasteiger partial charge is 0.320 e. The summed E-state index contributed by atoms with van der Waals surface area (Å²) < 4.78 is 65.6. The Labute approximate surface area is 108 Å². The van der Waals surface area contributed by atoms with Gasteiger partial charge in [-0.15, -0.1) is 0 Å². The number of benzene rings is 1. The van der Waals surface area contributed by atoms with E-state index in [1.54, 1.807) is 14.1 Å². The summed E-state index contributed by atoms with van der Waals surface area (Å²) in [5.74, 6) is -9.47. The molecule has 2 nitrogen and oxygen atoms in total. The van der Waals surface area contributed by atoms with E-state index in [0.29, 0.717) is 19.5 Å². The second kappa shape index (κ2) is 6.81. The minimum absolute atomic E-state index is 0.338. The first-order valence-corrected chi connectivity index (χ1v) is 5.73. The third kappa shape index (κ3) is 3.63. The molecule has 0 bridgehead atoms. The van der Waals surface area contributed by atoms with Crippen molar-refractivity contribution in [3.05, 3.63) is 34.6 Å². The van der Waals surface area contributed by atoms with Crippen LogP contribution in [0.5, 0.6) is 0 Å². The van der Waals surface area contributed by atoms with Crippen LogP contribution in [0.2, 0.25) is 0 Å². The Kier molecular flexibility index (Phi) is 5.68. The number of rotatable bonds is 6. The zero-order valence-corrected chi connectivity index (χ0v) is 10.7. The van der Waals surface area contributed by atoms with Crippen LogP contribution in [0.1, 0.15) is 12.0 Å². The molecule has 1 rings (SSSR count). The third-order valence-corrected chi connectivity index (χ3v) is 2.70. The van der Waals surface area contributed by atoms with Crippen LogP contribution in [0.4, 0.5) is 22.0 Å². The molecule has 0 radical (unpaired) electrons. The average molecular weight is 282 g/mol. The molecule has 0 amide bonds. The molecular formula is C12H15F5N2. The fourth-order valence-electron chi connectivity index (χ4n) is 1.66. The van der Waals surface area contributed by atoms with Gasteiger partial charge in [0.1, 0.15) is 0 Å². The van der Waals surface area contributed by atoms with E-state index >= 15 is 0 Å². The van der Waals surface area contributed by atoms with E-state index in [1.165, 1.54) is 4.90 Å². The number of halogens is 5. The Morgan fingerprint density at radius 3 is 1.84 bits per heavy atom. The lowest BCUT2D eigenvalue weighted by molar-refractivity contribution is 0.296. The Hall–Kier alpha value is -1.21. The highest BCUT2D eigenvalue weighted by Gasteiger charge is 2.25. The Balaban J connectivity index is 2.89. The molecule has 0 unspecified atom stereocenters. The van der Waals surface area contributed by atoms with E-state index in [-0.39, 0.29) is 6.54 Å². The van der Waals surface area contributed by atoms with E-state index in [1.807, 2.05) is 0 Å². The van der Waals surface area contributed by atoms with Crippen molar-refractivity contribution in [3.8, 4) is 0 Å². The zero-order chi connectivity index (χ0) is 14.6. The van der Waals surface area contributed by atoms with Gasteiger partial charge >= 0.3 is 0 Å². The van der Waals surface area contributed by atoms with Gasteiger partial charge in [-0.1, -0.05) is 0 Å². The lowest BCUT2D eigenvalue weighted by Gasteiger charge is -2.18. The predicted molar refractivity (Wildman–Crippen MR) is 61.1 cm³/mol. The molecule has 108 valence electrons. The van der Waals surface area contributed by atoms with Crippen LogP contribution in [-0.4, -0.2) is 32.1 Å². The van der Waals surface area contributed by atoms with Gasteiger partial charge < -0.3 is 10.2 Å². The predicted octanol–water partition coefficient (Wildman–Crippen LogP) is 2.42. The van der Waals surface area contributed by atoms with Gasteiger partial charge in [-0.25, -0.2) is 22.0 Å². The standard InChI is InChI=1S/C12H15F5N2/c1-18-4-3-5-19(2)6-7-8(13)10(15)12(17)11(16)9(7)14/h18H,3-6H2,1-2H3. The molecule has 0 aromatic heterocycles. The second-order valence-corrected chi connectivity index (χ2v) is 4.24. The van der Waals surface area contributed by atoms with Crippen LogP contribution in [0.25, 0.3) is 0 Å². The first-order chi connectivity index (χ1) is 8.90. The van der Waals surface area contributed by atoms with Crippen molar-refractivity contribution in [2.75, 3.05) is 27.2 Å². The summed E-state index contributed by atoms with van der Waals surface area (Å²) in [6, 6.07) is 0. The van der Waals surface area contributed by atoms with Crippen molar-refractivity contribution in [2.24, 2.45) is 0 Å². The first kappa shape index (κ1) is 15.8. The molecule has 0 aliphatic carbocycles. The van der Waals surface area contributed by atoms with E-state index in [9.17, 15) is 22.0 Å². The Bertz CT molecular complexity index is 421. The maximum absolute atomic E-state index is 13.4. The SMILES string of the molecule is CNCCCN(C)Cc1c(F)c(F)c(F)c(F)c1F. The minimum Gasteiger partial charge on any atom is -0.320 e. The monoisotopic (exact) mass is 282 g/mol. The molecule has 7 heteroatoms. The smallest absolute Gasteiger partial charge is 0.200 e. The van der Waals surface area contributed by atoms with Gasteiger partial charge in [-0.05, 0) is 33.6 Å². The van der Waals surface area contributed by atoms with Gasteiger partial charge in [-0.2, -0.15) is 0 Å². The molecule has 0 aliphatic rings. The average Bonchev–Trinajstić information content (AvgIpc) is 2.39. The van der Waals surface area contributed by atoms with Crippen LogP contribution >= 0.6 is 0 Å². The molecule has 1 N–H and O–H groups in total. The van der Waals surface area contributed by atoms with Gasteiger partial charge in [0, 0.05) is 12.1 Å². The topological polar surface area (TPSA) is 15.3 Å². The van der Waals surface area contributed by atoms with Crippen molar-refractivity contribution in [2.45, 2.75) is 13.0 Å². The minimum atomic E-state index is -2.13. The fraction of sp³-hybridized carbons (Fsp3) is 0.500. The van der Waals surface area contributed by atoms with Gasteiger partial charge in [0.05, 0.1) is 0 Å². The molecule has 0 saturated carbocycles. The van der Waals surface area contributed by atoms with Gasteiger partial charge in [-0.3, -0.25) is 0 Å². The van der Waals surface area contributed by atoms with E-state index in [0.717, 1.165) is 0 Å². The fourth-order valence-corrected chi connectivity index (χ4v) is 1.66. The first-order valence-electron chi connectivity index (χ1n) is 5.73. The van der Waals surface area contributed by atoms with Crippen molar-refractivity contribution < 1.29 is 22.0 Å². The zero-order valence-electron chi connectivity index (χ0n) is 10.7. The van der Waals surface area contributed by atoms with E-state index < -0.39 is 34.6 Å². The number of nitrogens with zero attached hydrogens (tertiary/aromatic N) is 1. The summed E-state index contributed by atoms with van der Waals surface area (Å²) >= 11 is 0. The highest BCUT2D eigenvalue weighted by atomic mass is 19.2. The molecular weight excluding hydrogens is 267 g/mol. The summed E-state index contributed by atoms with van der Waals surface area (Å²) in [5, 5.41) is 2.89. The van der Waals surface area contributed by atoms with E-state index in [2.05, 4.69) is 5.32 Å². The second-order valence-electron chi connectivity index (χ2n) is 4.24. The van der Waals surface area contributed by atoms with Crippen LogP contribution in [0.3, 0.4) is 0 Å². The molecule has 0 saturated heterocycles. The van der Waals surface area contributed by atoms with Crippen molar-refractivity contribution in [3.63, 3.8) is 0 Å². The van der Waals surface area contributed by atoms with E-state index in [4.69, 9.17) is 0 Å². The Morgan fingerprint density at radius 2 is 1.37 bits per heavy atom. The van der Waals surface area contributed by atoms with Crippen molar-refractivity contribution in [1.82, 2.24) is 10.2 Å². The molecule has 0 aliphatic heterocycles. The van der Waals surface area contributed by atoms with Gasteiger partial charge in [0.15, 0.2) is 23.3 Å². The molecule has 0 fully saturated rings. The van der Waals surface area contributed by atoms with Crippen molar-refractivity contribution >= 4 is 0 Å². The molecule has 0 spiro atoms. The third-order valence-electron chi connectivity index (χ3n) is 2.70. The highest BCUT2D eigenvalue weighted by molar-refractivity contribution is 5.23. The van der Waals surface area contributed by atoms with Crippen LogP contribution in [-0.2, 0) is 6.54 Å². The summed E-state index contributed by atoms with van der Waals surface area (Å²) in [4.78, 5) is 1.50. The maximum Gasteiger partial charge on any atom is 0.200 e. The normalized spacial score (nSPS) is 11.4. The summed E-state index contributed by atoms with van der Waals surface area (Å²) in [5.41, 5.74) is -0.802. The maximum atomic E-state index is 13.4. The summed E-state index contributed by atoms with van der Waals surface area (Å²) in [6.07, 6.45) is 0.697. The number of hydrogen-bond acceptors (Lipinski definition) is 2. The van der Waals surface area contributed by atoms with Crippen LogP contribution in [0.15, 0.2) is 0 Å². The van der Waals surface area contributed by atoms with Gasteiger partial charge in [0.25, 0.3) is 0 Å². The highest BCUT2D eigenvalue weighted by Crippen LogP contribution is 2.23. The molecule has 1 aromatic carbocycles. The van der Waals surface area contributed by atoms with Crippen LogP contribution < -0.4 is 5.32 Å². The molecule has 19 heavy (non-hydrogen) atoms. The van der Waals surface area contributed by atoms with Crippen molar-refractivity contribution in [1.29, 1.82) is 0 Å². The summed E-state index contributed by atoms with van der Waals surface area (Å²) in [6.45, 7) is 0.831. The quantitative estimate of drug-likeness (QED) is 0.373. The lowest BCUT2D eigenvalue weighted by Crippen LogP contribution is -2.24. The Morgan fingerprint density at radius 1 is 0.895 bits per heavy atom. The number of hydrogen-bond donors (Lipinski definition) is 1. The summed E-state index contributed by atoms with van der Waals surface area (Å²) in [7, 11) is 3.30. The van der Waals surface area contributed by atoms with Crippen LogP contribution in [0, 0.1) is 29.1 Å². The molecule has 1 aromatic rings.